The number of aromatic nitrogens is 2. The van der Waals surface area contributed by atoms with Gasteiger partial charge in [-0.05, 0) is 26.4 Å². The topological polar surface area (TPSA) is 33.1 Å². The Balaban J connectivity index is 1.94. The lowest BCUT2D eigenvalue weighted by molar-refractivity contribution is 0.260. The average Bonchev–Trinajstić information content (AvgIpc) is 2.52. The van der Waals surface area contributed by atoms with Crippen LogP contribution in [0.2, 0.25) is 0 Å². The van der Waals surface area contributed by atoms with E-state index in [0.717, 1.165) is 12.5 Å². The molecule has 1 aliphatic heterocycles. The number of anilines is 1. The van der Waals surface area contributed by atoms with E-state index in [1.165, 1.54) is 19.4 Å². The first-order chi connectivity index (χ1) is 6.75. The molecule has 0 radical (unpaired) electrons. The number of likely N-dealkylation sites (tertiary alicyclic amines) is 1. The fourth-order valence-corrected chi connectivity index (χ4v) is 1.97. The van der Waals surface area contributed by atoms with Crippen molar-refractivity contribution in [1.29, 1.82) is 0 Å². The first-order valence-corrected chi connectivity index (χ1v) is 5.18. The predicted molar refractivity (Wildman–Crippen MR) is 57.3 cm³/mol. The highest BCUT2D eigenvalue weighted by Gasteiger charge is 2.17. The lowest BCUT2D eigenvalue weighted by atomic mass is 10.1. The van der Waals surface area contributed by atoms with Gasteiger partial charge in [0, 0.05) is 32.0 Å². The molecule has 0 bridgehead atoms. The summed E-state index contributed by atoms with van der Waals surface area (Å²) in [4.78, 5) is 6.63. The molecule has 4 nitrogen and oxygen atoms in total. The molecule has 78 valence electrons. The molecule has 0 aliphatic carbocycles. The molecule has 4 heteroatoms. The first kappa shape index (κ1) is 9.52. The molecule has 1 unspecified atom stereocenters. The zero-order valence-electron chi connectivity index (χ0n) is 8.90. The van der Waals surface area contributed by atoms with Crippen LogP contribution >= 0.6 is 0 Å². The standard InChI is InChI=1S/C10H18N4/c1-13-6-3-4-9(8-13)12-10-11-5-7-14(10)2/h5,7,9H,3-4,6,8H2,1-2H3,(H,11,12). The van der Waals surface area contributed by atoms with Crippen molar-refractivity contribution in [3.8, 4) is 0 Å². The van der Waals surface area contributed by atoms with E-state index >= 15 is 0 Å². The van der Waals surface area contributed by atoms with Gasteiger partial charge in [0.2, 0.25) is 5.95 Å². The highest BCUT2D eigenvalue weighted by molar-refractivity contribution is 5.27. The normalized spacial score (nSPS) is 23.7. The van der Waals surface area contributed by atoms with Crippen LogP contribution in [0.3, 0.4) is 0 Å². The smallest absolute Gasteiger partial charge is 0.202 e. The minimum Gasteiger partial charge on any atom is -0.352 e. The molecule has 0 saturated carbocycles. The molecular weight excluding hydrogens is 176 g/mol. The maximum atomic E-state index is 4.27. The van der Waals surface area contributed by atoms with Crippen molar-refractivity contribution >= 4 is 5.95 Å². The highest BCUT2D eigenvalue weighted by atomic mass is 15.2. The van der Waals surface area contributed by atoms with E-state index in [4.69, 9.17) is 0 Å². The molecule has 2 rings (SSSR count). The van der Waals surface area contributed by atoms with Crippen molar-refractivity contribution in [2.45, 2.75) is 18.9 Å². The minimum atomic E-state index is 0.551. The van der Waals surface area contributed by atoms with Crippen molar-refractivity contribution in [3.63, 3.8) is 0 Å². The molecule has 1 aromatic heterocycles. The summed E-state index contributed by atoms with van der Waals surface area (Å²) in [6, 6.07) is 0.551. The molecule has 1 aromatic rings. The van der Waals surface area contributed by atoms with Crippen molar-refractivity contribution in [2.24, 2.45) is 7.05 Å². The monoisotopic (exact) mass is 194 g/mol. The molecule has 1 fully saturated rings. The summed E-state index contributed by atoms with van der Waals surface area (Å²) >= 11 is 0. The highest BCUT2D eigenvalue weighted by Crippen LogP contribution is 2.12. The molecule has 1 saturated heterocycles. The van der Waals surface area contributed by atoms with Crippen LogP contribution in [0.15, 0.2) is 12.4 Å². The van der Waals surface area contributed by atoms with Crippen LogP contribution in [-0.4, -0.2) is 40.6 Å². The number of piperidine rings is 1. The Bertz CT molecular complexity index is 294. The summed E-state index contributed by atoms with van der Waals surface area (Å²) < 4.78 is 2.02. The van der Waals surface area contributed by atoms with Crippen LogP contribution in [0.4, 0.5) is 5.95 Å². The molecule has 1 N–H and O–H groups in total. The van der Waals surface area contributed by atoms with Crippen LogP contribution in [-0.2, 0) is 7.05 Å². The van der Waals surface area contributed by atoms with Crippen LogP contribution in [0, 0.1) is 0 Å². The summed E-state index contributed by atoms with van der Waals surface area (Å²) in [5.41, 5.74) is 0. The van der Waals surface area contributed by atoms with Gasteiger partial charge in [0.05, 0.1) is 0 Å². The summed E-state index contributed by atoms with van der Waals surface area (Å²) in [5.74, 6) is 0.977. The van der Waals surface area contributed by atoms with Crippen LogP contribution < -0.4 is 5.32 Å². The van der Waals surface area contributed by atoms with Gasteiger partial charge in [-0.1, -0.05) is 0 Å². The van der Waals surface area contributed by atoms with Crippen molar-refractivity contribution in [3.05, 3.63) is 12.4 Å². The largest absolute Gasteiger partial charge is 0.352 e. The van der Waals surface area contributed by atoms with E-state index < -0.39 is 0 Å². The zero-order chi connectivity index (χ0) is 9.97. The SMILES string of the molecule is CN1CCCC(Nc2nccn2C)C1. The molecule has 1 atom stereocenters. The second kappa shape index (κ2) is 4.00. The van der Waals surface area contributed by atoms with Gasteiger partial charge in [0.1, 0.15) is 0 Å². The molecule has 2 heterocycles. The Kier molecular flexibility index (Phi) is 2.72. The minimum absolute atomic E-state index is 0.551. The molecule has 0 spiro atoms. The van der Waals surface area contributed by atoms with E-state index in [9.17, 15) is 0 Å². The Morgan fingerprint density at radius 1 is 1.50 bits per heavy atom. The van der Waals surface area contributed by atoms with Crippen LogP contribution in [0.5, 0.6) is 0 Å². The van der Waals surface area contributed by atoms with Gasteiger partial charge in [-0.3, -0.25) is 0 Å². The number of imidazole rings is 1. The Labute approximate surface area is 84.9 Å². The van der Waals surface area contributed by atoms with Gasteiger partial charge in [0.15, 0.2) is 0 Å². The van der Waals surface area contributed by atoms with E-state index in [0.29, 0.717) is 6.04 Å². The number of nitrogens with zero attached hydrogens (tertiary/aromatic N) is 3. The Hall–Kier alpha value is -1.03. The van der Waals surface area contributed by atoms with E-state index in [1.54, 1.807) is 0 Å². The Morgan fingerprint density at radius 2 is 2.36 bits per heavy atom. The number of likely N-dealkylation sites (N-methyl/N-ethyl adjacent to an activating group) is 1. The van der Waals surface area contributed by atoms with Crippen molar-refractivity contribution < 1.29 is 0 Å². The second-order valence-corrected chi connectivity index (χ2v) is 4.11. The Morgan fingerprint density at radius 3 is 3.00 bits per heavy atom. The summed E-state index contributed by atoms with van der Waals surface area (Å²) in [7, 11) is 4.19. The maximum absolute atomic E-state index is 4.27. The summed E-state index contributed by atoms with van der Waals surface area (Å²) in [5, 5.41) is 3.47. The van der Waals surface area contributed by atoms with E-state index in [-0.39, 0.29) is 0 Å². The second-order valence-electron chi connectivity index (χ2n) is 4.11. The molecular formula is C10H18N4. The number of hydrogen-bond donors (Lipinski definition) is 1. The number of hydrogen-bond acceptors (Lipinski definition) is 3. The molecule has 0 aromatic carbocycles. The van der Waals surface area contributed by atoms with Crippen LogP contribution in [0.1, 0.15) is 12.8 Å². The molecule has 0 amide bonds. The van der Waals surface area contributed by atoms with Crippen molar-refractivity contribution in [1.82, 2.24) is 14.5 Å². The third kappa shape index (κ3) is 2.07. The quantitative estimate of drug-likeness (QED) is 0.760. The summed E-state index contributed by atoms with van der Waals surface area (Å²) in [6.45, 7) is 2.34. The fourth-order valence-electron chi connectivity index (χ4n) is 1.97. The molecule has 1 aliphatic rings. The third-order valence-corrected chi connectivity index (χ3v) is 2.78. The first-order valence-electron chi connectivity index (χ1n) is 5.18. The zero-order valence-corrected chi connectivity index (χ0v) is 8.90. The summed E-state index contributed by atoms with van der Waals surface area (Å²) in [6.07, 6.45) is 6.32. The fraction of sp³-hybridized carbons (Fsp3) is 0.700. The lowest BCUT2D eigenvalue weighted by Crippen LogP contribution is -2.40. The van der Waals surface area contributed by atoms with Crippen LogP contribution in [0.25, 0.3) is 0 Å². The maximum Gasteiger partial charge on any atom is 0.202 e. The van der Waals surface area contributed by atoms with Gasteiger partial charge in [-0.2, -0.15) is 0 Å². The van der Waals surface area contributed by atoms with Gasteiger partial charge in [-0.15, -0.1) is 0 Å². The number of rotatable bonds is 2. The number of nitrogens with one attached hydrogen (secondary N) is 1. The van der Waals surface area contributed by atoms with Gasteiger partial charge >= 0.3 is 0 Å². The predicted octanol–water partition coefficient (Wildman–Crippen LogP) is 0.926. The van der Waals surface area contributed by atoms with Gasteiger partial charge in [-0.25, -0.2) is 4.98 Å². The van der Waals surface area contributed by atoms with Gasteiger partial charge < -0.3 is 14.8 Å². The molecule has 14 heavy (non-hydrogen) atoms. The lowest BCUT2D eigenvalue weighted by Gasteiger charge is -2.30. The van der Waals surface area contributed by atoms with Crippen molar-refractivity contribution in [2.75, 3.05) is 25.5 Å². The van der Waals surface area contributed by atoms with Gasteiger partial charge in [0.25, 0.3) is 0 Å². The number of aryl methyl sites for hydroxylation is 1. The third-order valence-electron chi connectivity index (χ3n) is 2.78. The van der Waals surface area contributed by atoms with E-state index in [1.807, 2.05) is 24.0 Å². The van der Waals surface area contributed by atoms with E-state index in [2.05, 4.69) is 22.2 Å². The average molecular weight is 194 g/mol.